The van der Waals surface area contributed by atoms with Crippen LogP contribution in [0, 0.1) is 12.3 Å². The maximum absolute atomic E-state index is 12.6. The van der Waals surface area contributed by atoms with Crippen molar-refractivity contribution in [3.05, 3.63) is 42.1 Å². The van der Waals surface area contributed by atoms with Crippen molar-refractivity contribution >= 4 is 11.7 Å². The first-order chi connectivity index (χ1) is 12.2. The van der Waals surface area contributed by atoms with E-state index in [2.05, 4.69) is 25.1 Å². The van der Waals surface area contributed by atoms with Crippen LogP contribution < -0.4 is 4.90 Å². The SMILES string of the molecule is Cc1ccc(N2CCC3(CCN(C(=O)c4cnccn4)C3)CC2)nn1. The summed E-state index contributed by atoms with van der Waals surface area (Å²) < 4.78 is 0. The van der Waals surface area contributed by atoms with E-state index >= 15 is 0 Å². The molecule has 1 amide bonds. The monoisotopic (exact) mass is 338 g/mol. The molecule has 4 heterocycles. The molecule has 0 aromatic carbocycles. The lowest BCUT2D eigenvalue weighted by Crippen LogP contribution is -2.42. The van der Waals surface area contributed by atoms with Gasteiger partial charge in [-0.1, -0.05) is 0 Å². The van der Waals surface area contributed by atoms with Crippen LogP contribution in [0.5, 0.6) is 0 Å². The van der Waals surface area contributed by atoms with Gasteiger partial charge in [0.25, 0.3) is 5.91 Å². The Bertz CT molecular complexity index is 740. The lowest BCUT2D eigenvalue weighted by molar-refractivity contribution is 0.0758. The summed E-state index contributed by atoms with van der Waals surface area (Å²) >= 11 is 0. The Hall–Kier alpha value is -2.57. The van der Waals surface area contributed by atoms with Crippen molar-refractivity contribution in [1.29, 1.82) is 0 Å². The highest BCUT2D eigenvalue weighted by molar-refractivity contribution is 5.92. The topological polar surface area (TPSA) is 75.1 Å². The Morgan fingerprint density at radius 1 is 1.08 bits per heavy atom. The predicted molar refractivity (Wildman–Crippen MR) is 93.2 cm³/mol. The van der Waals surface area contributed by atoms with Crippen LogP contribution in [0.1, 0.15) is 35.4 Å². The van der Waals surface area contributed by atoms with E-state index < -0.39 is 0 Å². The highest BCUT2D eigenvalue weighted by atomic mass is 16.2. The summed E-state index contributed by atoms with van der Waals surface area (Å²) in [5.74, 6) is 0.947. The summed E-state index contributed by atoms with van der Waals surface area (Å²) in [5.41, 5.74) is 1.60. The zero-order valence-electron chi connectivity index (χ0n) is 14.4. The number of hydrogen-bond acceptors (Lipinski definition) is 6. The van der Waals surface area contributed by atoms with Crippen molar-refractivity contribution in [2.75, 3.05) is 31.1 Å². The number of nitrogens with zero attached hydrogens (tertiary/aromatic N) is 6. The average Bonchev–Trinajstić information content (AvgIpc) is 3.07. The molecule has 2 aliphatic heterocycles. The van der Waals surface area contributed by atoms with Gasteiger partial charge in [-0.25, -0.2) is 4.98 Å². The molecule has 2 aliphatic rings. The first kappa shape index (κ1) is 15.9. The van der Waals surface area contributed by atoms with Gasteiger partial charge < -0.3 is 9.80 Å². The molecule has 4 rings (SSSR count). The number of anilines is 1. The second-order valence-electron chi connectivity index (χ2n) is 7.09. The normalized spacial score (nSPS) is 19.4. The fourth-order valence-corrected chi connectivity index (χ4v) is 3.86. The van der Waals surface area contributed by atoms with Crippen molar-refractivity contribution in [2.45, 2.75) is 26.2 Å². The third-order valence-electron chi connectivity index (χ3n) is 5.44. The summed E-state index contributed by atoms with van der Waals surface area (Å²) in [5, 5.41) is 8.45. The highest BCUT2D eigenvalue weighted by Gasteiger charge is 2.42. The minimum absolute atomic E-state index is 0.00296. The molecule has 7 heteroatoms. The molecule has 0 radical (unpaired) electrons. The fraction of sp³-hybridized carbons (Fsp3) is 0.500. The Kier molecular flexibility index (Phi) is 4.07. The van der Waals surface area contributed by atoms with Crippen molar-refractivity contribution in [1.82, 2.24) is 25.1 Å². The summed E-state index contributed by atoms with van der Waals surface area (Å²) in [6, 6.07) is 4.04. The molecule has 0 unspecified atom stereocenters. The van der Waals surface area contributed by atoms with Crippen molar-refractivity contribution < 1.29 is 4.79 Å². The van der Waals surface area contributed by atoms with Gasteiger partial charge in [-0.3, -0.25) is 9.78 Å². The third-order valence-corrected chi connectivity index (χ3v) is 5.44. The minimum Gasteiger partial charge on any atom is -0.355 e. The van der Waals surface area contributed by atoms with E-state index in [0.29, 0.717) is 5.69 Å². The van der Waals surface area contributed by atoms with Gasteiger partial charge in [-0.2, -0.15) is 5.10 Å². The van der Waals surface area contributed by atoms with Gasteiger partial charge in [0.2, 0.25) is 0 Å². The predicted octanol–water partition coefficient (Wildman–Crippen LogP) is 1.71. The van der Waals surface area contributed by atoms with Crippen LogP contribution in [0.25, 0.3) is 0 Å². The molecule has 0 saturated carbocycles. The number of carbonyl (C=O) groups is 1. The zero-order valence-corrected chi connectivity index (χ0v) is 14.4. The van der Waals surface area contributed by atoms with E-state index in [-0.39, 0.29) is 11.3 Å². The Morgan fingerprint density at radius 2 is 1.88 bits per heavy atom. The molecule has 130 valence electrons. The summed E-state index contributed by atoms with van der Waals surface area (Å²) in [4.78, 5) is 25.0. The molecule has 0 N–H and O–H groups in total. The number of hydrogen-bond donors (Lipinski definition) is 0. The van der Waals surface area contributed by atoms with E-state index in [1.165, 1.54) is 0 Å². The number of carbonyl (C=O) groups excluding carboxylic acids is 1. The van der Waals surface area contributed by atoms with Crippen molar-refractivity contribution in [2.24, 2.45) is 5.41 Å². The van der Waals surface area contributed by atoms with Crippen LogP contribution in [0.15, 0.2) is 30.7 Å². The molecule has 0 atom stereocenters. The van der Waals surface area contributed by atoms with Gasteiger partial charge in [0.15, 0.2) is 5.82 Å². The molecular formula is C18H22N6O. The lowest BCUT2D eigenvalue weighted by Gasteiger charge is -2.39. The Labute approximate surface area is 147 Å². The second-order valence-corrected chi connectivity index (χ2v) is 7.09. The smallest absolute Gasteiger partial charge is 0.274 e. The molecule has 0 aliphatic carbocycles. The zero-order chi connectivity index (χ0) is 17.3. The van der Waals surface area contributed by atoms with E-state index in [0.717, 1.165) is 57.0 Å². The number of piperidine rings is 1. The van der Waals surface area contributed by atoms with Crippen LogP contribution in [0.3, 0.4) is 0 Å². The molecule has 0 bridgehead atoms. The van der Waals surface area contributed by atoms with Crippen LogP contribution in [0.4, 0.5) is 5.82 Å². The number of amides is 1. The van der Waals surface area contributed by atoms with Gasteiger partial charge in [0, 0.05) is 38.6 Å². The van der Waals surface area contributed by atoms with E-state index in [9.17, 15) is 4.79 Å². The van der Waals surface area contributed by atoms with E-state index in [1.54, 1.807) is 18.6 Å². The molecule has 7 nitrogen and oxygen atoms in total. The summed E-state index contributed by atoms with van der Waals surface area (Å²) in [7, 11) is 0. The second kappa shape index (κ2) is 6.38. The summed E-state index contributed by atoms with van der Waals surface area (Å²) in [6.07, 6.45) is 7.92. The first-order valence-corrected chi connectivity index (χ1v) is 8.76. The molecule has 1 spiro atoms. The van der Waals surface area contributed by atoms with Crippen molar-refractivity contribution in [3.8, 4) is 0 Å². The third kappa shape index (κ3) is 3.18. The maximum Gasteiger partial charge on any atom is 0.274 e. The van der Waals surface area contributed by atoms with Crippen LogP contribution in [-0.2, 0) is 0 Å². The van der Waals surface area contributed by atoms with Crippen LogP contribution in [-0.4, -0.2) is 57.2 Å². The fourth-order valence-electron chi connectivity index (χ4n) is 3.86. The van der Waals surface area contributed by atoms with Gasteiger partial charge >= 0.3 is 0 Å². The van der Waals surface area contributed by atoms with E-state index in [1.807, 2.05) is 24.0 Å². The molecule has 2 aromatic rings. The van der Waals surface area contributed by atoms with Gasteiger partial charge in [-0.05, 0) is 43.7 Å². The number of aryl methyl sites for hydroxylation is 1. The number of likely N-dealkylation sites (tertiary alicyclic amines) is 1. The van der Waals surface area contributed by atoms with Crippen LogP contribution >= 0.6 is 0 Å². The standard InChI is InChI=1S/C18H22N6O/c1-14-2-3-16(22-21-14)23-9-4-18(5-10-23)6-11-24(13-18)17(25)15-12-19-7-8-20-15/h2-3,7-8,12H,4-6,9-11,13H2,1H3. The van der Waals surface area contributed by atoms with E-state index in [4.69, 9.17) is 0 Å². The first-order valence-electron chi connectivity index (χ1n) is 8.76. The largest absolute Gasteiger partial charge is 0.355 e. The molecule has 25 heavy (non-hydrogen) atoms. The summed E-state index contributed by atoms with van der Waals surface area (Å²) in [6.45, 7) is 5.49. The quantitative estimate of drug-likeness (QED) is 0.830. The lowest BCUT2D eigenvalue weighted by atomic mass is 9.78. The number of rotatable bonds is 2. The van der Waals surface area contributed by atoms with Gasteiger partial charge in [0.1, 0.15) is 5.69 Å². The molecular weight excluding hydrogens is 316 g/mol. The number of aromatic nitrogens is 4. The van der Waals surface area contributed by atoms with Crippen LogP contribution in [0.2, 0.25) is 0 Å². The molecule has 2 fully saturated rings. The van der Waals surface area contributed by atoms with Gasteiger partial charge in [0.05, 0.1) is 11.9 Å². The minimum atomic E-state index is -0.00296. The Morgan fingerprint density at radius 3 is 2.56 bits per heavy atom. The molecule has 2 aromatic heterocycles. The Balaban J connectivity index is 1.39. The van der Waals surface area contributed by atoms with Gasteiger partial charge in [-0.15, -0.1) is 5.10 Å². The van der Waals surface area contributed by atoms with Crippen molar-refractivity contribution in [3.63, 3.8) is 0 Å². The maximum atomic E-state index is 12.6. The average molecular weight is 338 g/mol. The highest BCUT2D eigenvalue weighted by Crippen LogP contribution is 2.41. The molecule has 2 saturated heterocycles.